The molecule has 0 atom stereocenters. The molecule has 0 amide bonds. The fourth-order valence-electron chi connectivity index (χ4n) is 3.26. The van der Waals surface area contributed by atoms with Crippen molar-refractivity contribution in [3.63, 3.8) is 0 Å². The molecule has 1 aliphatic rings. The van der Waals surface area contributed by atoms with Crippen LogP contribution in [0, 0.1) is 6.92 Å². The fourth-order valence-corrected chi connectivity index (χ4v) is 4.51. The van der Waals surface area contributed by atoms with E-state index in [0.29, 0.717) is 36.8 Å². The Labute approximate surface area is 173 Å². The molecule has 6 nitrogen and oxygen atoms in total. The fraction of sp³-hybridized carbons (Fsp3) is 0.318. The van der Waals surface area contributed by atoms with Gasteiger partial charge >= 0.3 is 0 Å². The van der Waals surface area contributed by atoms with Gasteiger partial charge in [-0.1, -0.05) is 42.0 Å². The molecule has 0 saturated carbocycles. The highest BCUT2D eigenvalue weighted by Crippen LogP contribution is 2.32. The van der Waals surface area contributed by atoms with E-state index in [2.05, 4.69) is 9.71 Å². The monoisotopic (exact) mass is 413 g/mol. The molecule has 0 spiro atoms. The molecule has 7 heteroatoms. The summed E-state index contributed by atoms with van der Waals surface area (Å²) in [5.41, 5.74) is 3.54. The summed E-state index contributed by atoms with van der Waals surface area (Å²) < 4.78 is 35.2. The Balaban J connectivity index is 2.05. The van der Waals surface area contributed by atoms with Crippen LogP contribution in [0.5, 0.6) is 5.75 Å². The van der Waals surface area contributed by atoms with E-state index in [1.165, 1.54) is 0 Å². The zero-order chi connectivity index (χ0) is 21.0. The van der Waals surface area contributed by atoms with Crippen LogP contribution in [-0.2, 0) is 16.6 Å². The van der Waals surface area contributed by atoms with Crippen LogP contribution in [-0.4, -0.2) is 39.4 Å². The van der Waals surface area contributed by atoms with Crippen molar-refractivity contribution in [2.24, 2.45) is 4.40 Å². The van der Waals surface area contributed by atoms with Crippen LogP contribution in [0.15, 0.2) is 58.0 Å². The molecule has 0 saturated heterocycles. The molecule has 1 heterocycles. The van der Waals surface area contributed by atoms with Crippen molar-refractivity contribution in [3.8, 4) is 5.75 Å². The molecule has 0 unspecified atom stereocenters. The minimum absolute atomic E-state index is 0.144. The van der Waals surface area contributed by atoms with Gasteiger partial charge in [-0.3, -0.25) is 0 Å². The molecule has 0 aromatic heterocycles. The summed E-state index contributed by atoms with van der Waals surface area (Å²) in [6, 6.07) is 15.4. The van der Waals surface area contributed by atoms with Gasteiger partial charge in [0.2, 0.25) is 0 Å². The van der Waals surface area contributed by atoms with Gasteiger partial charge in [0, 0.05) is 19.6 Å². The number of rotatable bonds is 7. The number of aryl methyl sites for hydroxylation is 1. The molecule has 154 valence electrons. The van der Waals surface area contributed by atoms with Gasteiger partial charge < -0.3 is 15.0 Å². The van der Waals surface area contributed by atoms with Crippen LogP contribution >= 0.6 is 0 Å². The molecule has 0 aliphatic carbocycles. The van der Waals surface area contributed by atoms with Crippen molar-refractivity contribution >= 4 is 21.4 Å². The third-order valence-electron chi connectivity index (χ3n) is 4.93. The first-order chi connectivity index (χ1) is 13.9. The van der Waals surface area contributed by atoms with E-state index in [9.17, 15) is 8.42 Å². The Hall–Kier alpha value is -2.80. The van der Waals surface area contributed by atoms with Gasteiger partial charge in [0.05, 0.1) is 12.7 Å². The number of amidine groups is 1. The number of hydrogen-bond donors (Lipinski definition) is 1. The van der Waals surface area contributed by atoms with Crippen molar-refractivity contribution in [1.82, 2.24) is 10.2 Å². The second-order valence-corrected chi connectivity index (χ2v) is 8.37. The second kappa shape index (κ2) is 8.69. The Bertz CT molecular complexity index is 1020. The van der Waals surface area contributed by atoms with Crippen LogP contribution in [0.3, 0.4) is 0 Å². The third kappa shape index (κ3) is 4.45. The molecule has 2 aromatic rings. The first kappa shape index (κ1) is 20.9. The number of likely N-dealkylation sites (N-methyl/N-ethyl adjacent to an activating group) is 1. The number of sulfonamides is 1. The standard InChI is InChI=1S/C22H27N3O3S/c1-5-25(6-2)21-20(18-11-13-19(28-4)14-12-18)22(29(26,27)24-21)23-15-17-9-7-16(3)8-10-17/h7-14,23H,5-6,15H2,1-4H3. The predicted octanol–water partition coefficient (Wildman–Crippen LogP) is 3.55. The van der Waals surface area contributed by atoms with Crippen LogP contribution in [0.4, 0.5) is 0 Å². The number of nitrogens with one attached hydrogen (secondary N) is 1. The summed E-state index contributed by atoms with van der Waals surface area (Å²) in [6.07, 6.45) is 0. The molecule has 3 rings (SSSR count). The lowest BCUT2D eigenvalue weighted by molar-refractivity contribution is 0.415. The van der Waals surface area contributed by atoms with Crippen molar-refractivity contribution in [2.75, 3.05) is 20.2 Å². The van der Waals surface area contributed by atoms with Gasteiger partial charge in [0.1, 0.15) is 5.75 Å². The van der Waals surface area contributed by atoms with Crippen molar-refractivity contribution in [1.29, 1.82) is 0 Å². The van der Waals surface area contributed by atoms with Gasteiger partial charge in [0.25, 0.3) is 10.0 Å². The first-order valence-electron chi connectivity index (χ1n) is 9.68. The maximum atomic E-state index is 12.9. The van der Waals surface area contributed by atoms with Crippen molar-refractivity contribution in [2.45, 2.75) is 27.3 Å². The minimum Gasteiger partial charge on any atom is -0.497 e. The highest BCUT2D eigenvalue weighted by molar-refractivity contribution is 7.94. The number of nitrogens with zero attached hydrogens (tertiary/aromatic N) is 2. The van der Waals surface area contributed by atoms with Crippen molar-refractivity contribution < 1.29 is 13.2 Å². The molecule has 1 N–H and O–H groups in total. The van der Waals surface area contributed by atoms with E-state index < -0.39 is 10.0 Å². The number of methoxy groups -OCH3 is 1. The summed E-state index contributed by atoms with van der Waals surface area (Å²) in [5.74, 6) is 1.19. The number of hydrogen-bond acceptors (Lipinski definition) is 5. The molecular weight excluding hydrogens is 386 g/mol. The maximum absolute atomic E-state index is 12.9. The van der Waals surface area contributed by atoms with Gasteiger partial charge in [0.15, 0.2) is 10.9 Å². The van der Waals surface area contributed by atoms with Gasteiger partial charge in [-0.2, -0.15) is 8.42 Å². The molecule has 2 aromatic carbocycles. The second-order valence-electron chi connectivity index (χ2n) is 6.83. The summed E-state index contributed by atoms with van der Waals surface area (Å²) in [6.45, 7) is 7.72. The van der Waals surface area contributed by atoms with Crippen LogP contribution in [0.2, 0.25) is 0 Å². The highest BCUT2D eigenvalue weighted by Gasteiger charge is 2.35. The highest BCUT2D eigenvalue weighted by atomic mass is 32.2. The van der Waals surface area contributed by atoms with E-state index in [0.717, 1.165) is 16.7 Å². The van der Waals surface area contributed by atoms with E-state index in [4.69, 9.17) is 4.74 Å². The third-order valence-corrected chi connectivity index (χ3v) is 6.21. The zero-order valence-corrected chi connectivity index (χ0v) is 18.1. The van der Waals surface area contributed by atoms with E-state index in [1.54, 1.807) is 7.11 Å². The van der Waals surface area contributed by atoms with Crippen molar-refractivity contribution in [3.05, 3.63) is 70.3 Å². The minimum atomic E-state index is -3.81. The zero-order valence-electron chi connectivity index (χ0n) is 17.3. The molecule has 0 fully saturated rings. The number of ether oxygens (including phenoxy) is 1. The Morgan fingerprint density at radius 3 is 2.17 bits per heavy atom. The van der Waals surface area contributed by atoms with Gasteiger partial charge in [-0.05, 0) is 44.0 Å². The van der Waals surface area contributed by atoms with Crippen LogP contribution in [0.1, 0.15) is 30.5 Å². The first-order valence-corrected chi connectivity index (χ1v) is 11.1. The predicted molar refractivity (Wildman–Crippen MR) is 117 cm³/mol. The quantitative estimate of drug-likeness (QED) is 0.752. The van der Waals surface area contributed by atoms with Crippen LogP contribution < -0.4 is 10.1 Å². The SMILES string of the molecule is CCN(CC)C1=NS(=O)(=O)C(NCc2ccc(C)cc2)=C1c1ccc(OC)cc1. The summed E-state index contributed by atoms with van der Waals surface area (Å²) in [4.78, 5) is 1.96. The molecule has 1 aliphatic heterocycles. The van der Waals surface area contributed by atoms with Crippen LogP contribution in [0.25, 0.3) is 5.57 Å². The van der Waals surface area contributed by atoms with Gasteiger partial charge in [-0.15, -0.1) is 4.40 Å². The average molecular weight is 414 g/mol. The Morgan fingerprint density at radius 2 is 1.62 bits per heavy atom. The lowest BCUT2D eigenvalue weighted by Crippen LogP contribution is -2.31. The summed E-state index contributed by atoms with van der Waals surface area (Å²) in [7, 11) is -2.21. The molecule has 0 radical (unpaired) electrons. The van der Waals surface area contributed by atoms with E-state index >= 15 is 0 Å². The Morgan fingerprint density at radius 1 is 1.00 bits per heavy atom. The van der Waals surface area contributed by atoms with E-state index in [-0.39, 0.29) is 5.03 Å². The number of benzene rings is 2. The summed E-state index contributed by atoms with van der Waals surface area (Å²) in [5, 5.41) is 3.28. The Kier molecular flexibility index (Phi) is 6.27. The maximum Gasteiger partial charge on any atom is 0.300 e. The lowest BCUT2D eigenvalue weighted by atomic mass is 10.0. The smallest absolute Gasteiger partial charge is 0.300 e. The summed E-state index contributed by atoms with van der Waals surface area (Å²) >= 11 is 0. The largest absolute Gasteiger partial charge is 0.497 e. The average Bonchev–Trinajstić information content (AvgIpc) is 2.99. The molecule has 29 heavy (non-hydrogen) atoms. The molecule has 0 bridgehead atoms. The van der Waals surface area contributed by atoms with Gasteiger partial charge in [-0.25, -0.2) is 0 Å². The topological polar surface area (TPSA) is 71.0 Å². The normalized spacial score (nSPS) is 15.2. The lowest BCUT2D eigenvalue weighted by Gasteiger charge is -2.22. The molecular formula is C22H27N3O3S. The van der Waals surface area contributed by atoms with E-state index in [1.807, 2.05) is 74.2 Å².